The molecule has 27 heavy (non-hydrogen) atoms. The van der Waals surface area contributed by atoms with Gasteiger partial charge < -0.3 is 0 Å². The quantitative estimate of drug-likeness (QED) is 0.714. The van der Waals surface area contributed by atoms with Gasteiger partial charge >= 0.3 is 0 Å². The molecule has 6 nitrogen and oxygen atoms in total. The van der Waals surface area contributed by atoms with Crippen molar-refractivity contribution < 1.29 is 21.2 Å². The van der Waals surface area contributed by atoms with E-state index in [1.165, 1.54) is 16.4 Å². The first-order chi connectivity index (χ1) is 12.6. The molecule has 2 aromatic rings. The molecule has 0 aromatic heterocycles. The zero-order valence-electron chi connectivity index (χ0n) is 13.8. The molecule has 3 rings (SSSR count). The Morgan fingerprint density at radius 1 is 0.778 bits per heavy atom. The molecule has 1 heterocycles. The molecule has 0 bridgehead atoms. The van der Waals surface area contributed by atoms with E-state index in [2.05, 4.69) is 0 Å². The molecule has 146 valence electrons. The van der Waals surface area contributed by atoms with Gasteiger partial charge in [0.2, 0.25) is 20.0 Å². The zero-order chi connectivity index (χ0) is 19.8. The maximum atomic E-state index is 13.3. The summed E-state index contributed by atoms with van der Waals surface area (Å²) < 4.78 is 66.5. The molecular formula is C16H15Cl2FN2O4S2. The Kier molecular flexibility index (Phi) is 5.81. The summed E-state index contributed by atoms with van der Waals surface area (Å²) in [5.41, 5.74) is 0. The van der Waals surface area contributed by atoms with Crippen molar-refractivity contribution in [2.75, 3.05) is 26.2 Å². The van der Waals surface area contributed by atoms with Gasteiger partial charge in [-0.1, -0.05) is 35.3 Å². The van der Waals surface area contributed by atoms with Crippen molar-refractivity contribution in [3.63, 3.8) is 0 Å². The normalized spacial score (nSPS) is 17.1. The van der Waals surface area contributed by atoms with Crippen LogP contribution in [0.1, 0.15) is 0 Å². The van der Waals surface area contributed by atoms with Gasteiger partial charge in [-0.25, -0.2) is 21.2 Å². The van der Waals surface area contributed by atoms with Crippen LogP contribution in [0, 0.1) is 5.82 Å². The third kappa shape index (κ3) is 3.98. The fourth-order valence-electron chi connectivity index (χ4n) is 2.73. The minimum Gasteiger partial charge on any atom is -0.207 e. The highest BCUT2D eigenvalue weighted by Gasteiger charge is 2.34. The molecule has 0 saturated carbocycles. The van der Waals surface area contributed by atoms with Crippen molar-refractivity contribution in [3.05, 3.63) is 58.3 Å². The Bertz CT molecular complexity index is 1070. The first kappa shape index (κ1) is 20.5. The van der Waals surface area contributed by atoms with Gasteiger partial charge in [-0.3, -0.25) is 0 Å². The molecule has 0 radical (unpaired) electrons. The number of sulfonamides is 2. The Labute approximate surface area is 167 Å². The van der Waals surface area contributed by atoms with E-state index in [1.807, 2.05) is 0 Å². The van der Waals surface area contributed by atoms with E-state index < -0.39 is 25.9 Å². The molecule has 0 amide bonds. The van der Waals surface area contributed by atoms with Crippen LogP contribution in [0.3, 0.4) is 0 Å². The lowest BCUT2D eigenvalue weighted by Crippen LogP contribution is -2.50. The van der Waals surface area contributed by atoms with E-state index in [4.69, 9.17) is 23.2 Å². The van der Waals surface area contributed by atoms with Gasteiger partial charge in [-0.05, 0) is 30.3 Å². The van der Waals surface area contributed by atoms with Crippen LogP contribution in [0.5, 0.6) is 0 Å². The van der Waals surface area contributed by atoms with Crippen molar-refractivity contribution >= 4 is 43.2 Å². The smallest absolute Gasteiger partial charge is 0.207 e. The van der Waals surface area contributed by atoms with Crippen molar-refractivity contribution in [2.45, 2.75) is 9.79 Å². The van der Waals surface area contributed by atoms with Gasteiger partial charge in [0.25, 0.3) is 0 Å². The Morgan fingerprint density at radius 2 is 1.33 bits per heavy atom. The molecule has 1 aliphatic rings. The lowest BCUT2D eigenvalue weighted by molar-refractivity contribution is 0.273. The second kappa shape index (κ2) is 7.65. The maximum absolute atomic E-state index is 13.3. The molecule has 2 aromatic carbocycles. The molecule has 0 aliphatic carbocycles. The molecule has 0 atom stereocenters. The van der Waals surface area contributed by atoms with Gasteiger partial charge in [0.15, 0.2) is 0 Å². The summed E-state index contributed by atoms with van der Waals surface area (Å²) in [4.78, 5) is -0.162. The van der Waals surface area contributed by atoms with Crippen LogP contribution in [-0.4, -0.2) is 51.6 Å². The maximum Gasteiger partial charge on any atom is 0.244 e. The first-order valence-corrected chi connectivity index (χ1v) is 11.5. The van der Waals surface area contributed by atoms with Crippen LogP contribution in [0.15, 0.2) is 52.3 Å². The minimum atomic E-state index is -3.91. The summed E-state index contributed by atoms with van der Waals surface area (Å²) in [6.45, 7) is -0.133. The van der Waals surface area contributed by atoms with Crippen LogP contribution in [-0.2, 0) is 20.0 Å². The van der Waals surface area contributed by atoms with Crippen LogP contribution < -0.4 is 0 Å². The highest BCUT2D eigenvalue weighted by molar-refractivity contribution is 7.89. The molecule has 1 fully saturated rings. The fourth-order valence-corrected chi connectivity index (χ4v) is 6.34. The molecule has 0 spiro atoms. The number of rotatable bonds is 4. The van der Waals surface area contributed by atoms with Gasteiger partial charge in [-0.2, -0.15) is 8.61 Å². The second-order valence-electron chi connectivity index (χ2n) is 5.81. The monoisotopic (exact) mass is 452 g/mol. The highest BCUT2D eigenvalue weighted by Crippen LogP contribution is 2.27. The van der Waals surface area contributed by atoms with Crippen LogP contribution in [0.2, 0.25) is 10.0 Å². The Morgan fingerprint density at radius 3 is 1.89 bits per heavy atom. The minimum absolute atomic E-state index is 0.0201. The van der Waals surface area contributed by atoms with E-state index in [1.54, 1.807) is 12.1 Å². The number of benzene rings is 2. The van der Waals surface area contributed by atoms with Crippen molar-refractivity contribution in [3.8, 4) is 0 Å². The van der Waals surface area contributed by atoms with E-state index >= 15 is 0 Å². The fraction of sp³-hybridized carbons (Fsp3) is 0.250. The van der Waals surface area contributed by atoms with Gasteiger partial charge in [0, 0.05) is 26.2 Å². The third-order valence-corrected chi connectivity index (χ3v) is 8.76. The predicted molar refractivity (Wildman–Crippen MR) is 100 cm³/mol. The zero-order valence-corrected chi connectivity index (χ0v) is 17.0. The number of piperazine rings is 1. The standard InChI is InChI=1S/C16H15Cl2FN2O4S2/c17-13-3-1-2-4-16(13)27(24,25)21-9-7-20(8-10-21)26(22,23)12-5-6-15(19)14(18)11-12/h1-6,11H,7-10H2. The van der Waals surface area contributed by atoms with Crippen LogP contribution >= 0.6 is 23.2 Å². The highest BCUT2D eigenvalue weighted by atomic mass is 35.5. The van der Waals surface area contributed by atoms with Crippen molar-refractivity contribution in [2.24, 2.45) is 0 Å². The lowest BCUT2D eigenvalue weighted by Gasteiger charge is -2.33. The molecule has 1 saturated heterocycles. The van der Waals surface area contributed by atoms with Gasteiger partial charge in [0.1, 0.15) is 10.7 Å². The summed E-state index contributed by atoms with van der Waals surface area (Å²) in [6, 6.07) is 9.22. The molecule has 0 unspecified atom stereocenters. The van der Waals surface area contributed by atoms with E-state index in [0.29, 0.717) is 0 Å². The predicted octanol–water partition coefficient (Wildman–Crippen LogP) is 2.83. The number of nitrogens with zero attached hydrogens (tertiary/aromatic N) is 2. The summed E-state index contributed by atoms with van der Waals surface area (Å²) in [6.07, 6.45) is 0. The van der Waals surface area contributed by atoms with E-state index in [-0.39, 0.29) is 46.0 Å². The van der Waals surface area contributed by atoms with Crippen molar-refractivity contribution in [1.29, 1.82) is 0 Å². The molecule has 1 aliphatic heterocycles. The summed E-state index contributed by atoms with van der Waals surface area (Å²) in [7, 11) is -7.74. The van der Waals surface area contributed by atoms with Crippen molar-refractivity contribution in [1.82, 2.24) is 8.61 Å². The first-order valence-electron chi connectivity index (χ1n) is 7.84. The summed E-state index contributed by atoms with van der Waals surface area (Å²) >= 11 is 11.6. The second-order valence-corrected chi connectivity index (χ2v) is 10.5. The number of halogens is 3. The third-order valence-electron chi connectivity index (χ3n) is 4.18. The topological polar surface area (TPSA) is 74.8 Å². The molecular weight excluding hydrogens is 438 g/mol. The van der Waals surface area contributed by atoms with E-state index in [0.717, 1.165) is 22.5 Å². The Hall–Kier alpha value is -1.23. The van der Waals surface area contributed by atoms with Crippen LogP contribution in [0.4, 0.5) is 4.39 Å². The van der Waals surface area contributed by atoms with Gasteiger partial charge in [-0.15, -0.1) is 0 Å². The number of hydrogen-bond acceptors (Lipinski definition) is 4. The average Bonchev–Trinajstić information content (AvgIpc) is 2.64. The lowest BCUT2D eigenvalue weighted by atomic mass is 10.3. The Balaban J connectivity index is 1.79. The largest absolute Gasteiger partial charge is 0.244 e. The summed E-state index contributed by atoms with van der Waals surface area (Å²) in [5.74, 6) is -0.716. The van der Waals surface area contributed by atoms with Gasteiger partial charge in [0.05, 0.1) is 14.9 Å². The SMILES string of the molecule is O=S(=O)(c1ccc(F)c(Cl)c1)N1CCN(S(=O)(=O)c2ccccc2Cl)CC1. The average molecular weight is 453 g/mol. The summed E-state index contributed by atoms with van der Waals surface area (Å²) in [5, 5.41) is -0.190. The molecule has 0 N–H and O–H groups in total. The molecule has 11 heteroatoms. The number of hydrogen-bond donors (Lipinski definition) is 0. The van der Waals surface area contributed by atoms with E-state index in [9.17, 15) is 21.2 Å². The van der Waals surface area contributed by atoms with Crippen LogP contribution in [0.25, 0.3) is 0 Å².